The average Bonchev–Trinajstić information content (AvgIpc) is 2.67. The summed E-state index contributed by atoms with van der Waals surface area (Å²) in [6.45, 7) is 0.186. The lowest BCUT2D eigenvalue weighted by molar-refractivity contribution is -0.149. The number of carbonyl (C=O) groups is 2. The molecule has 5 heteroatoms. The second-order valence-corrected chi connectivity index (χ2v) is 5.52. The summed E-state index contributed by atoms with van der Waals surface area (Å²) in [5, 5.41) is 18.6. The predicted molar refractivity (Wildman–Crippen MR) is 58.1 cm³/mol. The summed E-state index contributed by atoms with van der Waals surface area (Å²) in [6.07, 6.45) is 2.90. The molecule has 3 fully saturated rings. The molecule has 2 N–H and O–H groups in total. The number of likely N-dealkylation sites (tertiary alicyclic amines) is 1. The van der Waals surface area contributed by atoms with Gasteiger partial charge in [-0.05, 0) is 24.7 Å². The lowest BCUT2D eigenvalue weighted by Gasteiger charge is -2.22. The molecule has 1 heterocycles. The molecule has 3 rings (SSSR count). The van der Waals surface area contributed by atoms with Gasteiger partial charge in [0.1, 0.15) is 6.04 Å². The van der Waals surface area contributed by atoms with E-state index in [0.717, 1.165) is 12.8 Å². The number of fused-ring (bicyclic) bond motifs is 1. The fraction of sp³-hybridized carbons (Fsp3) is 0.833. The number of rotatable bonds is 2. The van der Waals surface area contributed by atoms with E-state index >= 15 is 0 Å². The summed E-state index contributed by atoms with van der Waals surface area (Å²) in [7, 11) is 0. The molecule has 0 aromatic heterocycles. The van der Waals surface area contributed by atoms with E-state index < -0.39 is 18.1 Å². The van der Waals surface area contributed by atoms with E-state index in [1.54, 1.807) is 0 Å². The molecule has 17 heavy (non-hydrogen) atoms. The Balaban J connectivity index is 1.71. The van der Waals surface area contributed by atoms with Gasteiger partial charge in [-0.3, -0.25) is 4.79 Å². The first kappa shape index (κ1) is 11.0. The minimum absolute atomic E-state index is 0.0383. The number of hydrogen-bond donors (Lipinski definition) is 2. The maximum atomic E-state index is 12.2. The number of carboxylic acids is 1. The van der Waals surface area contributed by atoms with Crippen molar-refractivity contribution in [3.05, 3.63) is 0 Å². The van der Waals surface area contributed by atoms with Crippen molar-refractivity contribution in [1.29, 1.82) is 0 Å². The second kappa shape index (κ2) is 3.70. The maximum Gasteiger partial charge on any atom is 0.326 e. The average molecular weight is 239 g/mol. The summed E-state index contributed by atoms with van der Waals surface area (Å²) in [5.74, 6) is 0.00429. The number of hydrogen-bond acceptors (Lipinski definition) is 3. The van der Waals surface area contributed by atoms with Crippen LogP contribution in [0.1, 0.15) is 25.7 Å². The summed E-state index contributed by atoms with van der Waals surface area (Å²) < 4.78 is 0. The summed E-state index contributed by atoms with van der Waals surface area (Å²) >= 11 is 0. The first-order valence-corrected chi connectivity index (χ1v) is 6.31. The van der Waals surface area contributed by atoms with Gasteiger partial charge in [-0.25, -0.2) is 4.79 Å². The van der Waals surface area contributed by atoms with Gasteiger partial charge in [-0.1, -0.05) is 6.42 Å². The van der Waals surface area contributed by atoms with Gasteiger partial charge in [0, 0.05) is 18.9 Å². The fourth-order valence-corrected chi connectivity index (χ4v) is 3.67. The van der Waals surface area contributed by atoms with Crippen LogP contribution in [0.4, 0.5) is 0 Å². The van der Waals surface area contributed by atoms with Crippen molar-refractivity contribution in [1.82, 2.24) is 4.90 Å². The smallest absolute Gasteiger partial charge is 0.326 e. The molecular formula is C12H17NO4. The first-order chi connectivity index (χ1) is 8.09. The third-order valence-corrected chi connectivity index (χ3v) is 4.54. The Labute approximate surface area is 99.4 Å². The van der Waals surface area contributed by atoms with E-state index in [2.05, 4.69) is 0 Å². The largest absolute Gasteiger partial charge is 0.480 e. The number of aliphatic carboxylic acids is 1. The van der Waals surface area contributed by atoms with Crippen molar-refractivity contribution in [3.63, 3.8) is 0 Å². The number of amides is 1. The van der Waals surface area contributed by atoms with Crippen LogP contribution in [0.25, 0.3) is 0 Å². The molecule has 1 amide bonds. The molecule has 2 saturated carbocycles. The zero-order valence-corrected chi connectivity index (χ0v) is 9.58. The van der Waals surface area contributed by atoms with Crippen LogP contribution in [0.5, 0.6) is 0 Å². The Hall–Kier alpha value is -1.10. The first-order valence-electron chi connectivity index (χ1n) is 6.31. The minimum atomic E-state index is -0.999. The molecule has 3 aliphatic rings. The van der Waals surface area contributed by atoms with Crippen LogP contribution in [0.15, 0.2) is 0 Å². The van der Waals surface area contributed by atoms with Gasteiger partial charge in [0.15, 0.2) is 0 Å². The van der Waals surface area contributed by atoms with E-state index in [9.17, 15) is 14.7 Å². The van der Waals surface area contributed by atoms with Gasteiger partial charge in [0.05, 0.1) is 6.10 Å². The van der Waals surface area contributed by atoms with Crippen LogP contribution >= 0.6 is 0 Å². The van der Waals surface area contributed by atoms with Crippen LogP contribution in [-0.2, 0) is 9.59 Å². The van der Waals surface area contributed by atoms with E-state index in [-0.39, 0.29) is 24.8 Å². The number of β-amino-alcohol motifs (C(OH)–C–C–N with tert-alkyl or cyclic N) is 1. The minimum Gasteiger partial charge on any atom is -0.480 e. The standard InChI is InChI=1S/C12H17NO4/c14-6-4-9(12(16)17)13(5-6)11(15)10-7-2-1-3-8(7)10/h6-10,14H,1-5H2,(H,16,17)/t6-,7?,8?,9-,10?/m0/s1. The SMILES string of the molecule is O=C(O)[C@@H]1C[C@H](O)CN1C(=O)C1C2CCCC21. The maximum absolute atomic E-state index is 12.2. The molecule has 0 aromatic rings. The van der Waals surface area contributed by atoms with E-state index in [1.165, 1.54) is 11.3 Å². The summed E-state index contributed by atoms with van der Waals surface area (Å²) in [4.78, 5) is 24.7. The highest BCUT2D eigenvalue weighted by Crippen LogP contribution is 2.58. The van der Waals surface area contributed by atoms with Crippen molar-refractivity contribution < 1.29 is 19.8 Å². The zero-order chi connectivity index (χ0) is 12.2. The van der Waals surface area contributed by atoms with E-state index in [1.807, 2.05) is 0 Å². The molecule has 0 spiro atoms. The Bertz CT molecular complexity index is 360. The Morgan fingerprint density at radius 2 is 1.82 bits per heavy atom. The highest BCUT2D eigenvalue weighted by molar-refractivity contribution is 5.88. The van der Waals surface area contributed by atoms with Gasteiger partial charge in [0.25, 0.3) is 0 Å². The van der Waals surface area contributed by atoms with Crippen molar-refractivity contribution in [3.8, 4) is 0 Å². The molecule has 0 radical (unpaired) electrons. The van der Waals surface area contributed by atoms with Gasteiger partial charge < -0.3 is 15.1 Å². The topological polar surface area (TPSA) is 77.8 Å². The number of carboxylic acid groups (broad SMARTS) is 1. The van der Waals surface area contributed by atoms with Crippen LogP contribution in [0.3, 0.4) is 0 Å². The second-order valence-electron chi connectivity index (χ2n) is 5.52. The zero-order valence-electron chi connectivity index (χ0n) is 9.58. The van der Waals surface area contributed by atoms with Crippen molar-refractivity contribution >= 4 is 11.9 Å². The van der Waals surface area contributed by atoms with Crippen LogP contribution in [-0.4, -0.2) is 45.7 Å². The third kappa shape index (κ3) is 1.64. The number of carbonyl (C=O) groups excluding carboxylic acids is 1. The van der Waals surface area contributed by atoms with Gasteiger partial charge in [0.2, 0.25) is 5.91 Å². The number of nitrogens with zero attached hydrogens (tertiary/aromatic N) is 1. The predicted octanol–water partition coefficient (Wildman–Crippen LogP) is 0.0789. The lowest BCUT2D eigenvalue weighted by atomic mass is 10.1. The molecule has 5 nitrogen and oxygen atoms in total. The molecule has 2 unspecified atom stereocenters. The molecule has 0 aromatic carbocycles. The van der Waals surface area contributed by atoms with E-state index in [0.29, 0.717) is 11.8 Å². The fourth-order valence-electron chi connectivity index (χ4n) is 3.67. The third-order valence-electron chi connectivity index (χ3n) is 4.54. The molecule has 1 saturated heterocycles. The highest BCUT2D eigenvalue weighted by atomic mass is 16.4. The van der Waals surface area contributed by atoms with E-state index in [4.69, 9.17) is 5.11 Å². The van der Waals surface area contributed by atoms with Crippen molar-refractivity contribution in [2.45, 2.75) is 37.8 Å². The number of aliphatic hydroxyl groups is 1. The Morgan fingerprint density at radius 1 is 1.18 bits per heavy atom. The number of aliphatic hydroxyl groups excluding tert-OH is 1. The highest BCUT2D eigenvalue weighted by Gasteiger charge is 2.59. The normalized spacial score (nSPS) is 43.6. The summed E-state index contributed by atoms with van der Waals surface area (Å²) in [5.41, 5.74) is 0. The van der Waals surface area contributed by atoms with Crippen molar-refractivity contribution in [2.24, 2.45) is 17.8 Å². The van der Waals surface area contributed by atoms with Crippen LogP contribution < -0.4 is 0 Å². The molecule has 4 atom stereocenters. The quantitative estimate of drug-likeness (QED) is 0.715. The Kier molecular flexibility index (Phi) is 2.40. The molecular weight excluding hydrogens is 222 g/mol. The lowest BCUT2D eigenvalue weighted by Crippen LogP contribution is -2.42. The van der Waals surface area contributed by atoms with Crippen LogP contribution in [0.2, 0.25) is 0 Å². The molecule has 0 bridgehead atoms. The molecule has 2 aliphatic carbocycles. The van der Waals surface area contributed by atoms with Gasteiger partial charge in [-0.2, -0.15) is 0 Å². The summed E-state index contributed by atoms with van der Waals surface area (Å²) in [6, 6.07) is -0.821. The molecule has 1 aliphatic heterocycles. The van der Waals surface area contributed by atoms with Crippen LogP contribution in [0, 0.1) is 17.8 Å². The van der Waals surface area contributed by atoms with Gasteiger partial charge >= 0.3 is 5.97 Å². The monoisotopic (exact) mass is 239 g/mol. The van der Waals surface area contributed by atoms with Gasteiger partial charge in [-0.15, -0.1) is 0 Å². The molecule has 94 valence electrons. The van der Waals surface area contributed by atoms with Crippen molar-refractivity contribution in [2.75, 3.05) is 6.54 Å². The Morgan fingerprint density at radius 3 is 2.41 bits per heavy atom.